The summed E-state index contributed by atoms with van der Waals surface area (Å²) >= 11 is 0. The minimum atomic E-state index is 0.546. The van der Waals surface area contributed by atoms with Gasteiger partial charge in [-0.3, -0.25) is 4.79 Å². The second kappa shape index (κ2) is 5.76. The summed E-state index contributed by atoms with van der Waals surface area (Å²) < 4.78 is 0. The number of nitrogens with zero attached hydrogens (tertiary/aromatic N) is 2. The van der Waals surface area contributed by atoms with Gasteiger partial charge < -0.3 is 10.2 Å². The normalized spacial score (nSPS) is 9.31. The highest BCUT2D eigenvalue weighted by Crippen LogP contribution is 2.21. The molecule has 84 valence electrons. The molecule has 1 N–H and O–H groups in total. The Morgan fingerprint density at radius 3 is 2.81 bits per heavy atom. The first-order valence-electron chi connectivity index (χ1n) is 5.17. The van der Waals surface area contributed by atoms with Crippen LogP contribution in [0.25, 0.3) is 0 Å². The van der Waals surface area contributed by atoms with Crippen molar-refractivity contribution in [3.8, 4) is 6.07 Å². The van der Waals surface area contributed by atoms with Gasteiger partial charge in [-0.05, 0) is 24.6 Å². The van der Waals surface area contributed by atoms with Crippen molar-refractivity contribution in [1.82, 2.24) is 0 Å². The summed E-state index contributed by atoms with van der Waals surface area (Å²) in [5.41, 5.74) is 2.13. The number of nitriles is 1. The van der Waals surface area contributed by atoms with Gasteiger partial charge in [0.05, 0.1) is 11.6 Å². The van der Waals surface area contributed by atoms with Gasteiger partial charge in [0.25, 0.3) is 0 Å². The van der Waals surface area contributed by atoms with Crippen LogP contribution in [-0.2, 0) is 4.79 Å². The largest absolute Gasteiger partial charge is 0.375 e. The van der Waals surface area contributed by atoms with Crippen molar-refractivity contribution in [2.45, 2.75) is 13.3 Å². The topological polar surface area (TPSA) is 56.1 Å². The van der Waals surface area contributed by atoms with Crippen molar-refractivity contribution in [3.05, 3.63) is 23.8 Å². The van der Waals surface area contributed by atoms with Crippen LogP contribution in [0.4, 0.5) is 11.4 Å². The number of anilines is 2. The molecular weight excluding hydrogens is 202 g/mol. The maximum atomic E-state index is 10.4. The minimum Gasteiger partial charge on any atom is -0.375 e. The Morgan fingerprint density at radius 2 is 2.25 bits per heavy atom. The Hall–Kier alpha value is -2.02. The molecule has 1 aromatic carbocycles. The van der Waals surface area contributed by atoms with E-state index in [1.54, 1.807) is 6.07 Å². The molecule has 0 bridgehead atoms. The highest BCUT2D eigenvalue weighted by Gasteiger charge is 2.04. The summed E-state index contributed by atoms with van der Waals surface area (Å²) in [7, 11) is 1.96. The van der Waals surface area contributed by atoms with Gasteiger partial charge in [-0.15, -0.1) is 0 Å². The van der Waals surface area contributed by atoms with Crippen LogP contribution < -0.4 is 10.2 Å². The maximum absolute atomic E-state index is 10.4. The van der Waals surface area contributed by atoms with Crippen molar-refractivity contribution in [2.75, 3.05) is 23.8 Å². The lowest BCUT2D eigenvalue weighted by Gasteiger charge is -2.19. The molecule has 0 aliphatic rings. The van der Waals surface area contributed by atoms with E-state index < -0.39 is 0 Å². The molecule has 16 heavy (non-hydrogen) atoms. The second-order valence-electron chi connectivity index (χ2n) is 3.56. The van der Waals surface area contributed by atoms with Gasteiger partial charge in [-0.1, -0.05) is 6.92 Å². The van der Waals surface area contributed by atoms with Crippen LogP contribution in [0, 0.1) is 11.3 Å². The van der Waals surface area contributed by atoms with Gasteiger partial charge in [0, 0.05) is 25.0 Å². The molecule has 4 nitrogen and oxygen atoms in total. The van der Waals surface area contributed by atoms with Crippen LogP contribution in [0.2, 0.25) is 0 Å². The molecule has 1 rings (SSSR count). The van der Waals surface area contributed by atoms with E-state index in [4.69, 9.17) is 5.26 Å². The van der Waals surface area contributed by atoms with Crippen molar-refractivity contribution in [3.63, 3.8) is 0 Å². The Morgan fingerprint density at radius 1 is 1.50 bits per heavy atom. The third kappa shape index (κ3) is 2.99. The molecule has 0 unspecified atom stereocenters. The van der Waals surface area contributed by atoms with Gasteiger partial charge in [0.2, 0.25) is 6.41 Å². The predicted molar refractivity (Wildman–Crippen MR) is 64.4 cm³/mol. The van der Waals surface area contributed by atoms with Crippen molar-refractivity contribution < 1.29 is 4.79 Å². The molecule has 0 radical (unpaired) electrons. The predicted octanol–water partition coefficient (Wildman–Crippen LogP) is 1.97. The van der Waals surface area contributed by atoms with E-state index in [0.717, 1.165) is 18.7 Å². The van der Waals surface area contributed by atoms with E-state index in [9.17, 15) is 4.79 Å². The van der Waals surface area contributed by atoms with E-state index in [1.807, 2.05) is 19.2 Å². The van der Waals surface area contributed by atoms with Crippen LogP contribution in [-0.4, -0.2) is 20.0 Å². The van der Waals surface area contributed by atoms with Crippen molar-refractivity contribution in [1.29, 1.82) is 5.26 Å². The Balaban J connectivity index is 3.04. The maximum Gasteiger partial charge on any atom is 0.211 e. The zero-order valence-corrected chi connectivity index (χ0v) is 9.53. The van der Waals surface area contributed by atoms with Crippen LogP contribution >= 0.6 is 0 Å². The first kappa shape index (κ1) is 12.1. The molecule has 1 amide bonds. The number of carbonyl (C=O) groups is 1. The van der Waals surface area contributed by atoms with Crippen LogP contribution in [0.1, 0.15) is 18.9 Å². The number of hydrogen-bond acceptors (Lipinski definition) is 3. The lowest BCUT2D eigenvalue weighted by molar-refractivity contribution is -0.105. The number of benzene rings is 1. The average molecular weight is 217 g/mol. The zero-order valence-electron chi connectivity index (χ0n) is 9.53. The molecule has 0 aromatic heterocycles. The molecule has 0 heterocycles. The number of amides is 1. The summed E-state index contributed by atoms with van der Waals surface area (Å²) in [5.74, 6) is 0. The second-order valence-corrected chi connectivity index (χ2v) is 3.56. The summed E-state index contributed by atoms with van der Waals surface area (Å²) in [6, 6.07) is 7.39. The molecule has 0 atom stereocenters. The molecule has 0 aliphatic carbocycles. The van der Waals surface area contributed by atoms with Gasteiger partial charge in [0.1, 0.15) is 0 Å². The van der Waals surface area contributed by atoms with E-state index >= 15 is 0 Å². The number of nitrogens with one attached hydrogen (secondary N) is 1. The molecule has 1 aromatic rings. The highest BCUT2D eigenvalue weighted by molar-refractivity contribution is 5.75. The summed E-state index contributed by atoms with van der Waals surface area (Å²) in [6.45, 7) is 3.00. The lowest BCUT2D eigenvalue weighted by Crippen LogP contribution is -2.18. The molecule has 0 saturated heterocycles. The molecule has 0 saturated carbocycles. The smallest absolute Gasteiger partial charge is 0.211 e. The summed E-state index contributed by atoms with van der Waals surface area (Å²) in [4.78, 5) is 12.4. The van der Waals surface area contributed by atoms with Crippen molar-refractivity contribution in [2.24, 2.45) is 0 Å². The molecule has 0 spiro atoms. The highest BCUT2D eigenvalue weighted by atomic mass is 16.1. The number of carbonyl (C=O) groups excluding carboxylic acids is 1. The first-order valence-corrected chi connectivity index (χ1v) is 5.17. The summed E-state index contributed by atoms with van der Waals surface area (Å²) in [6.07, 6.45) is 1.64. The monoisotopic (exact) mass is 217 g/mol. The van der Waals surface area contributed by atoms with Gasteiger partial charge in [-0.25, -0.2) is 0 Å². The van der Waals surface area contributed by atoms with E-state index in [0.29, 0.717) is 17.7 Å². The fourth-order valence-electron chi connectivity index (χ4n) is 1.51. The summed E-state index contributed by atoms with van der Waals surface area (Å²) in [5, 5.41) is 11.4. The SMILES string of the molecule is CCCN(C)c1cc(C#N)cc(NC=O)c1. The first-order chi connectivity index (χ1) is 7.71. The van der Waals surface area contributed by atoms with Gasteiger partial charge in [-0.2, -0.15) is 5.26 Å². The number of hydrogen-bond donors (Lipinski definition) is 1. The van der Waals surface area contributed by atoms with Crippen LogP contribution in [0.5, 0.6) is 0 Å². The molecule has 0 fully saturated rings. The fourth-order valence-corrected chi connectivity index (χ4v) is 1.51. The van der Waals surface area contributed by atoms with Crippen LogP contribution in [0.3, 0.4) is 0 Å². The number of rotatable bonds is 5. The zero-order chi connectivity index (χ0) is 12.0. The standard InChI is InChI=1S/C12H15N3O/c1-3-4-15(2)12-6-10(8-13)5-11(7-12)14-9-16/h5-7,9H,3-4H2,1-2H3,(H,14,16). The third-order valence-corrected chi connectivity index (χ3v) is 2.27. The average Bonchev–Trinajstić information content (AvgIpc) is 2.29. The van der Waals surface area contributed by atoms with E-state index in [2.05, 4.69) is 23.2 Å². The Bertz CT molecular complexity index is 409. The van der Waals surface area contributed by atoms with E-state index in [1.165, 1.54) is 0 Å². The molecule has 0 aliphatic heterocycles. The third-order valence-electron chi connectivity index (χ3n) is 2.27. The fraction of sp³-hybridized carbons (Fsp3) is 0.333. The minimum absolute atomic E-state index is 0.546. The van der Waals surface area contributed by atoms with Crippen LogP contribution in [0.15, 0.2) is 18.2 Å². The van der Waals surface area contributed by atoms with Gasteiger partial charge >= 0.3 is 0 Å². The molecule has 4 heteroatoms. The molecular formula is C12H15N3O. The Labute approximate surface area is 95.5 Å². The van der Waals surface area contributed by atoms with Crippen molar-refractivity contribution >= 4 is 17.8 Å². The van der Waals surface area contributed by atoms with E-state index in [-0.39, 0.29) is 0 Å². The quantitative estimate of drug-likeness (QED) is 0.767. The lowest BCUT2D eigenvalue weighted by atomic mass is 10.1. The van der Waals surface area contributed by atoms with Gasteiger partial charge in [0.15, 0.2) is 0 Å². The Kier molecular flexibility index (Phi) is 4.34.